The Kier molecular flexibility index (Phi) is 6.36. The van der Waals surface area contributed by atoms with Gasteiger partial charge in [0, 0.05) is 30.7 Å². The SMILES string of the molecule is CCN(C(=O)c1cc(NCCC(C)C)ccn1)c1cccc(C)c1. The summed E-state index contributed by atoms with van der Waals surface area (Å²) >= 11 is 0. The molecule has 1 heterocycles. The lowest BCUT2D eigenvalue weighted by atomic mass is 10.1. The quantitative estimate of drug-likeness (QED) is 0.814. The zero-order valence-corrected chi connectivity index (χ0v) is 15.0. The number of anilines is 2. The summed E-state index contributed by atoms with van der Waals surface area (Å²) in [4.78, 5) is 18.9. The topological polar surface area (TPSA) is 45.2 Å². The fourth-order valence-corrected chi connectivity index (χ4v) is 2.54. The van der Waals surface area contributed by atoms with E-state index in [-0.39, 0.29) is 5.91 Å². The van der Waals surface area contributed by atoms with E-state index in [1.165, 1.54) is 0 Å². The number of aromatic nitrogens is 1. The number of hydrogen-bond acceptors (Lipinski definition) is 3. The van der Waals surface area contributed by atoms with Crippen molar-refractivity contribution in [3.05, 3.63) is 53.9 Å². The predicted octanol–water partition coefficient (Wildman–Crippen LogP) is 4.51. The molecule has 128 valence electrons. The maximum atomic E-state index is 12.9. The van der Waals surface area contributed by atoms with Gasteiger partial charge in [-0.3, -0.25) is 9.78 Å². The molecular formula is C20H27N3O. The number of benzene rings is 1. The summed E-state index contributed by atoms with van der Waals surface area (Å²) in [5, 5.41) is 3.37. The molecule has 24 heavy (non-hydrogen) atoms. The molecule has 0 saturated carbocycles. The molecule has 2 rings (SSSR count). The van der Waals surface area contributed by atoms with Gasteiger partial charge < -0.3 is 10.2 Å². The Balaban J connectivity index is 2.15. The summed E-state index contributed by atoms with van der Waals surface area (Å²) in [6, 6.07) is 11.7. The van der Waals surface area contributed by atoms with Crippen LogP contribution in [0.25, 0.3) is 0 Å². The smallest absolute Gasteiger partial charge is 0.276 e. The molecule has 0 bridgehead atoms. The highest BCUT2D eigenvalue weighted by molar-refractivity contribution is 6.05. The van der Waals surface area contributed by atoms with E-state index < -0.39 is 0 Å². The van der Waals surface area contributed by atoms with Gasteiger partial charge in [0.05, 0.1) is 0 Å². The van der Waals surface area contributed by atoms with Crippen LogP contribution in [0.2, 0.25) is 0 Å². The average molecular weight is 325 g/mol. The molecule has 0 fully saturated rings. The monoisotopic (exact) mass is 325 g/mol. The maximum absolute atomic E-state index is 12.9. The molecule has 1 aromatic carbocycles. The minimum Gasteiger partial charge on any atom is -0.385 e. The first kappa shape index (κ1) is 18.0. The third kappa shape index (κ3) is 4.82. The van der Waals surface area contributed by atoms with Gasteiger partial charge >= 0.3 is 0 Å². The molecule has 1 aromatic heterocycles. The summed E-state index contributed by atoms with van der Waals surface area (Å²) < 4.78 is 0. The van der Waals surface area contributed by atoms with E-state index in [0.717, 1.165) is 29.9 Å². The number of carbonyl (C=O) groups is 1. The van der Waals surface area contributed by atoms with Gasteiger partial charge in [0.1, 0.15) is 5.69 Å². The Bertz CT molecular complexity index is 682. The van der Waals surface area contributed by atoms with Gasteiger partial charge in [-0.25, -0.2) is 0 Å². The maximum Gasteiger partial charge on any atom is 0.276 e. The van der Waals surface area contributed by atoms with Gasteiger partial charge in [-0.05, 0) is 56.0 Å². The van der Waals surface area contributed by atoms with Crippen LogP contribution in [0.1, 0.15) is 43.2 Å². The van der Waals surface area contributed by atoms with Gasteiger partial charge in [0.25, 0.3) is 5.91 Å². The third-order valence-electron chi connectivity index (χ3n) is 3.90. The summed E-state index contributed by atoms with van der Waals surface area (Å²) in [6.07, 6.45) is 2.78. The average Bonchev–Trinajstić information content (AvgIpc) is 2.55. The van der Waals surface area contributed by atoms with Crippen molar-refractivity contribution < 1.29 is 4.79 Å². The van der Waals surface area contributed by atoms with E-state index in [0.29, 0.717) is 18.2 Å². The molecule has 0 aliphatic carbocycles. The molecule has 0 aliphatic heterocycles. The number of carbonyl (C=O) groups excluding carboxylic acids is 1. The summed E-state index contributed by atoms with van der Waals surface area (Å²) in [5.74, 6) is 0.577. The Morgan fingerprint density at radius 3 is 2.71 bits per heavy atom. The minimum atomic E-state index is -0.0735. The molecule has 0 spiro atoms. The van der Waals surface area contributed by atoms with Crippen molar-refractivity contribution in [1.29, 1.82) is 0 Å². The highest BCUT2D eigenvalue weighted by atomic mass is 16.2. The first-order chi connectivity index (χ1) is 11.5. The number of amides is 1. The van der Waals surface area contributed by atoms with Gasteiger partial charge in [-0.15, -0.1) is 0 Å². The molecule has 1 N–H and O–H groups in total. The zero-order valence-electron chi connectivity index (χ0n) is 15.0. The lowest BCUT2D eigenvalue weighted by molar-refractivity contribution is 0.0983. The summed E-state index contributed by atoms with van der Waals surface area (Å²) in [5.41, 5.74) is 3.44. The van der Waals surface area contributed by atoms with Crippen molar-refractivity contribution in [1.82, 2.24) is 4.98 Å². The molecule has 4 nitrogen and oxygen atoms in total. The van der Waals surface area contributed by atoms with Crippen LogP contribution in [0.5, 0.6) is 0 Å². The lowest BCUT2D eigenvalue weighted by Crippen LogP contribution is -2.31. The number of rotatable bonds is 7. The first-order valence-corrected chi connectivity index (χ1v) is 8.59. The van der Waals surface area contributed by atoms with Crippen LogP contribution in [0.4, 0.5) is 11.4 Å². The van der Waals surface area contributed by atoms with E-state index in [1.807, 2.05) is 50.2 Å². The molecule has 0 radical (unpaired) electrons. The number of aryl methyl sites for hydroxylation is 1. The van der Waals surface area contributed by atoms with Crippen LogP contribution in [-0.2, 0) is 0 Å². The van der Waals surface area contributed by atoms with Crippen molar-refractivity contribution in [2.45, 2.75) is 34.1 Å². The second-order valence-corrected chi connectivity index (χ2v) is 6.43. The van der Waals surface area contributed by atoms with E-state index >= 15 is 0 Å². The fourth-order valence-electron chi connectivity index (χ4n) is 2.54. The van der Waals surface area contributed by atoms with E-state index in [2.05, 4.69) is 24.1 Å². The van der Waals surface area contributed by atoms with Crippen LogP contribution in [0.15, 0.2) is 42.6 Å². The van der Waals surface area contributed by atoms with Crippen molar-refractivity contribution in [2.24, 2.45) is 5.92 Å². The van der Waals surface area contributed by atoms with Crippen LogP contribution >= 0.6 is 0 Å². The molecule has 0 atom stereocenters. The Hall–Kier alpha value is -2.36. The summed E-state index contributed by atoms with van der Waals surface area (Å²) in [6.45, 7) is 9.90. The van der Waals surface area contributed by atoms with Crippen LogP contribution in [-0.4, -0.2) is 24.0 Å². The molecule has 0 unspecified atom stereocenters. The van der Waals surface area contributed by atoms with Gasteiger partial charge in [-0.2, -0.15) is 0 Å². The highest BCUT2D eigenvalue weighted by Crippen LogP contribution is 2.19. The highest BCUT2D eigenvalue weighted by Gasteiger charge is 2.17. The fraction of sp³-hybridized carbons (Fsp3) is 0.400. The standard InChI is InChI=1S/C20H27N3O/c1-5-23(18-8-6-7-16(4)13-18)20(24)19-14-17(10-12-22-19)21-11-9-15(2)3/h6-8,10,12-15H,5,9,11H2,1-4H3,(H,21,22). The number of nitrogens with zero attached hydrogens (tertiary/aromatic N) is 2. The number of pyridine rings is 1. The van der Waals surface area contributed by atoms with E-state index in [9.17, 15) is 4.79 Å². The van der Waals surface area contributed by atoms with Gasteiger partial charge in [0.2, 0.25) is 0 Å². The second kappa shape index (κ2) is 8.48. The van der Waals surface area contributed by atoms with Crippen LogP contribution in [0, 0.1) is 12.8 Å². The first-order valence-electron chi connectivity index (χ1n) is 8.59. The predicted molar refractivity (Wildman–Crippen MR) is 101 cm³/mol. The molecule has 2 aromatic rings. The van der Waals surface area contributed by atoms with Gasteiger partial charge in [-0.1, -0.05) is 26.0 Å². The Morgan fingerprint density at radius 1 is 1.25 bits per heavy atom. The van der Waals surface area contributed by atoms with Crippen LogP contribution in [0.3, 0.4) is 0 Å². The molecule has 0 aliphatic rings. The second-order valence-electron chi connectivity index (χ2n) is 6.43. The Morgan fingerprint density at radius 2 is 2.04 bits per heavy atom. The summed E-state index contributed by atoms with van der Waals surface area (Å²) in [7, 11) is 0. The van der Waals surface area contributed by atoms with Crippen molar-refractivity contribution >= 4 is 17.3 Å². The lowest BCUT2D eigenvalue weighted by Gasteiger charge is -2.21. The van der Waals surface area contributed by atoms with Crippen LogP contribution < -0.4 is 10.2 Å². The molecule has 0 saturated heterocycles. The van der Waals surface area contributed by atoms with Gasteiger partial charge in [0.15, 0.2) is 0 Å². The van der Waals surface area contributed by atoms with E-state index in [4.69, 9.17) is 0 Å². The van der Waals surface area contributed by atoms with Crippen molar-refractivity contribution in [3.63, 3.8) is 0 Å². The molecule has 1 amide bonds. The normalized spacial score (nSPS) is 10.7. The number of hydrogen-bond donors (Lipinski definition) is 1. The zero-order chi connectivity index (χ0) is 17.5. The third-order valence-corrected chi connectivity index (χ3v) is 3.90. The Labute approximate surface area is 144 Å². The van der Waals surface area contributed by atoms with Crippen molar-refractivity contribution in [2.75, 3.05) is 23.3 Å². The minimum absolute atomic E-state index is 0.0735. The number of nitrogens with one attached hydrogen (secondary N) is 1. The largest absolute Gasteiger partial charge is 0.385 e. The van der Waals surface area contributed by atoms with E-state index in [1.54, 1.807) is 11.1 Å². The van der Waals surface area contributed by atoms with Crippen molar-refractivity contribution in [3.8, 4) is 0 Å². The molecule has 4 heteroatoms. The molecular weight excluding hydrogens is 298 g/mol.